The molecule has 7 nitrogen and oxygen atoms in total. The fourth-order valence-electron chi connectivity index (χ4n) is 1.18. The summed E-state index contributed by atoms with van der Waals surface area (Å²) in [6, 6.07) is -0.269. The van der Waals surface area contributed by atoms with Crippen molar-refractivity contribution in [1.82, 2.24) is 15.5 Å². The number of hydrogen-bond acceptors (Lipinski definition) is 4. The number of nitrogens with zero attached hydrogens (tertiary/aromatic N) is 1. The summed E-state index contributed by atoms with van der Waals surface area (Å²) in [7, 11) is 1.93. The van der Waals surface area contributed by atoms with Crippen molar-refractivity contribution in [3.8, 4) is 0 Å². The number of likely N-dealkylation sites (N-methyl/N-ethyl adjacent to an activating group) is 1. The first-order valence-electron chi connectivity index (χ1n) is 6.37. The van der Waals surface area contributed by atoms with Crippen molar-refractivity contribution >= 4 is 17.9 Å². The van der Waals surface area contributed by atoms with Crippen molar-refractivity contribution in [3.05, 3.63) is 11.1 Å². The van der Waals surface area contributed by atoms with Gasteiger partial charge in [-0.15, -0.1) is 0 Å². The SMILES string of the molecule is CC(C(=O)O)=C(C)C(=O)NC(=O)NCCN(C)C(C)C. The van der Waals surface area contributed by atoms with E-state index in [1.54, 1.807) is 0 Å². The molecule has 0 aromatic rings. The van der Waals surface area contributed by atoms with E-state index in [9.17, 15) is 14.4 Å². The molecule has 0 heterocycles. The second kappa shape index (κ2) is 8.31. The molecule has 0 atom stereocenters. The van der Waals surface area contributed by atoms with Gasteiger partial charge in [0.05, 0.1) is 0 Å². The van der Waals surface area contributed by atoms with Crippen LogP contribution in [-0.4, -0.2) is 54.1 Å². The first kappa shape index (κ1) is 18.1. The smallest absolute Gasteiger partial charge is 0.331 e. The summed E-state index contributed by atoms with van der Waals surface area (Å²) in [5.74, 6) is -1.89. The van der Waals surface area contributed by atoms with Crippen LogP contribution < -0.4 is 10.6 Å². The number of carbonyl (C=O) groups excluding carboxylic acids is 2. The highest BCUT2D eigenvalue weighted by atomic mass is 16.4. The van der Waals surface area contributed by atoms with Gasteiger partial charge >= 0.3 is 12.0 Å². The average Bonchev–Trinajstić information content (AvgIpc) is 2.36. The van der Waals surface area contributed by atoms with Crippen molar-refractivity contribution in [1.29, 1.82) is 0 Å². The summed E-state index contributed by atoms with van der Waals surface area (Å²) < 4.78 is 0. The summed E-state index contributed by atoms with van der Waals surface area (Å²) in [6.45, 7) is 7.79. The van der Waals surface area contributed by atoms with Crippen LogP contribution in [0.4, 0.5) is 4.79 Å². The predicted octanol–water partition coefficient (Wildman–Crippen LogP) is 0.573. The van der Waals surface area contributed by atoms with Gasteiger partial charge in [0.2, 0.25) is 0 Å². The molecule has 114 valence electrons. The van der Waals surface area contributed by atoms with Crippen molar-refractivity contribution in [2.45, 2.75) is 33.7 Å². The molecule has 0 aliphatic carbocycles. The number of imide groups is 1. The molecule has 0 saturated carbocycles. The standard InChI is InChI=1S/C13H23N3O4/c1-8(2)16(5)7-6-14-13(20)15-11(17)9(3)10(4)12(18)19/h8H,6-7H2,1-5H3,(H,18,19)(H2,14,15,17,20). The Bertz CT molecular complexity index is 416. The van der Waals surface area contributed by atoms with E-state index < -0.39 is 17.9 Å². The molecular formula is C13H23N3O4. The molecule has 3 N–H and O–H groups in total. The van der Waals surface area contributed by atoms with Crippen molar-refractivity contribution in [3.63, 3.8) is 0 Å². The lowest BCUT2D eigenvalue weighted by Crippen LogP contribution is -2.43. The van der Waals surface area contributed by atoms with Gasteiger partial charge in [-0.1, -0.05) is 0 Å². The Kier molecular flexibility index (Phi) is 7.53. The third kappa shape index (κ3) is 6.33. The van der Waals surface area contributed by atoms with E-state index in [2.05, 4.69) is 10.6 Å². The highest BCUT2D eigenvalue weighted by Crippen LogP contribution is 2.03. The fourth-order valence-corrected chi connectivity index (χ4v) is 1.18. The molecule has 0 aliphatic heterocycles. The quantitative estimate of drug-likeness (QED) is 0.620. The van der Waals surface area contributed by atoms with Crippen LogP contribution in [0.2, 0.25) is 0 Å². The lowest BCUT2D eigenvalue weighted by molar-refractivity contribution is -0.133. The second-order valence-corrected chi connectivity index (χ2v) is 4.84. The second-order valence-electron chi connectivity index (χ2n) is 4.84. The molecule has 0 saturated heterocycles. The van der Waals surface area contributed by atoms with Gasteiger partial charge in [0, 0.05) is 30.3 Å². The highest BCUT2D eigenvalue weighted by molar-refractivity contribution is 6.07. The van der Waals surface area contributed by atoms with Gasteiger partial charge in [0.25, 0.3) is 5.91 Å². The lowest BCUT2D eigenvalue weighted by Gasteiger charge is -2.20. The predicted molar refractivity (Wildman–Crippen MR) is 75.3 cm³/mol. The highest BCUT2D eigenvalue weighted by Gasteiger charge is 2.15. The van der Waals surface area contributed by atoms with Gasteiger partial charge in [0.15, 0.2) is 0 Å². The van der Waals surface area contributed by atoms with Crippen LogP contribution in [-0.2, 0) is 9.59 Å². The number of carboxylic acids is 1. The Labute approximate surface area is 119 Å². The van der Waals surface area contributed by atoms with Gasteiger partial charge in [-0.05, 0) is 34.7 Å². The summed E-state index contributed by atoms with van der Waals surface area (Å²) in [4.78, 5) is 35.8. The van der Waals surface area contributed by atoms with Crippen LogP contribution in [0.3, 0.4) is 0 Å². The zero-order chi connectivity index (χ0) is 15.9. The maximum absolute atomic E-state index is 11.6. The normalized spacial score (nSPS) is 12.2. The minimum absolute atomic E-state index is 0.00643. The number of amides is 3. The van der Waals surface area contributed by atoms with Gasteiger partial charge in [-0.2, -0.15) is 0 Å². The third-order valence-electron chi connectivity index (χ3n) is 3.08. The third-order valence-corrected chi connectivity index (χ3v) is 3.08. The number of nitrogens with one attached hydrogen (secondary N) is 2. The molecule has 0 fully saturated rings. The van der Waals surface area contributed by atoms with E-state index in [1.807, 2.05) is 25.8 Å². The maximum Gasteiger partial charge on any atom is 0.331 e. The Morgan fingerprint density at radius 1 is 1.15 bits per heavy atom. The number of urea groups is 1. The largest absolute Gasteiger partial charge is 0.478 e. The lowest BCUT2D eigenvalue weighted by atomic mass is 10.1. The van der Waals surface area contributed by atoms with Crippen LogP contribution in [0.15, 0.2) is 11.1 Å². The van der Waals surface area contributed by atoms with Gasteiger partial charge in [-0.25, -0.2) is 9.59 Å². The molecule has 0 radical (unpaired) electrons. The van der Waals surface area contributed by atoms with Crippen LogP contribution >= 0.6 is 0 Å². The molecule has 7 heteroatoms. The Morgan fingerprint density at radius 2 is 1.70 bits per heavy atom. The summed E-state index contributed by atoms with van der Waals surface area (Å²) in [6.07, 6.45) is 0. The molecular weight excluding hydrogens is 262 g/mol. The monoisotopic (exact) mass is 285 g/mol. The number of hydrogen-bond donors (Lipinski definition) is 3. The molecule has 0 bridgehead atoms. The van der Waals surface area contributed by atoms with Gasteiger partial charge < -0.3 is 15.3 Å². The van der Waals surface area contributed by atoms with E-state index in [-0.39, 0.29) is 11.1 Å². The Balaban J connectivity index is 4.26. The minimum Gasteiger partial charge on any atom is -0.478 e. The summed E-state index contributed by atoms with van der Waals surface area (Å²) in [5, 5.41) is 13.4. The van der Waals surface area contributed by atoms with Crippen LogP contribution in [0.5, 0.6) is 0 Å². The Hall–Kier alpha value is -1.89. The number of aliphatic carboxylic acids is 1. The van der Waals surface area contributed by atoms with Crippen LogP contribution in [0.25, 0.3) is 0 Å². The van der Waals surface area contributed by atoms with Crippen molar-refractivity contribution in [2.75, 3.05) is 20.1 Å². The maximum atomic E-state index is 11.6. The van der Waals surface area contributed by atoms with Gasteiger partial charge in [0.1, 0.15) is 0 Å². The van der Waals surface area contributed by atoms with Crippen LogP contribution in [0.1, 0.15) is 27.7 Å². The van der Waals surface area contributed by atoms with E-state index in [4.69, 9.17) is 5.11 Å². The van der Waals surface area contributed by atoms with Crippen molar-refractivity contribution < 1.29 is 19.5 Å². The molecule has 0 aliphatic rings. The first-order chi connectivity index (χ1) is 9.16. The van der Waals surface area contributed by atoms with E-state index in [0.717, 1.165) is 0 Å². The zero-order valence-electron chi connectivity index (χ0n) is 12.6. The zero-order valence-corrected chi connectivity index (χ0v) is 12.6. The fraction of sp³-hybridized carbons (Fsp3) is 0.615. The van der Waals surface area contributed by atoms with E-state index in [1.165, 1.54) is 13.8 Å². The number of carbonyl (C=O) groups is 3. The van der Waals surface area contributed by atoms with E-state index in [0.29, 0.717) is 19.1 Å². The molecule has 0 aromatic heterocycles. The summed E-state index contributed by atoms with van der Waals surface area (Å²) in [5.41, 5.74) is -0.0817. The molecule has 0 rings (SSSR count). The molecule has 3 amide bonds. The van der Waals surface area contributed by atoms with Crippen LogP contribution in [0, 0.1) is 0 Å². The van der Waals surface area contributed by atoms with Gasteiger partial charge in [-0.3, -0.25) is 10.1 Å². The number of carboxylic acid groups (broad SMARTS) is 1. The van der Waals surface area contributed by atoms with E-state index >= 15 is 0 Å². The Morgan fingerprint density at radius 3 is 2.15 bits per heavy atom. The summed E-state index contributed by atoms with van der Waals surface area (Å²) >= 11 is 0. The molecule has 0 spiro atoms. The first-order valence-corrected chi connectivity index (χ1v) is 6.37. The molecule has 0 aromatic carbocycles. The molecule has 0 unspecified atom stereocenters. The topological polar surface area (TPSA) is 98.7 Å². The minimum atomic E-state index is -1.18. The average molecular weight is 285 g/mol. The molecule has 20 heavy (non-hydrogen) atoms. The van der Waals surface area contributed by atoms with Crippen molar-refractivity contribution in [2.24, 2.45) is 0 Å². The number of rotatable bonds is 6.